The lowest BCUT2D eigenvalue weighted by Crippen LogP contribution is -3.00. The van der Waals surface area contributed by atoms with Crippen molar-refractivity contribution in [2.45, 2.75) is 142 Å². The Morgan fingerprint density at radius 2 is 0.800 bits per heavy atom. The molecule has 0 aromatic carbocycles. The molecule has 0 N–H and O–H groups in total. The van der Waals surface area contributed by atoms with E-state index in [0.717, 1.165) is 0 Å². The third kappa shape index (κ3) is 26.6. The summed E-state index contributed by atoms with van der Waals surface area (Å²) in [6.45, 7) is 5.97. The Labute approximate surface area is 202 Å². The van der Waals surface area contributed by atoms with Crippen LogP contribution in [-0.2, 0) is 0 Å². The standard InChI is InChI=1S/C27H58NS.ClH/c1-5-7-9-11-13-15-17-19-21-23-25-28(3,4)27-29-26-24-22-20-18-16-14-12-10-8-6-2;/h5-27H2,1-4H3;1H/q+1;/p-1. The first-order valence-corrected chi connectivity index (χ1v) is 14.7. The molecular formula is C27H58ClNS. The van der Waals surface area contributed by atoms with E-state index in [-0.39, 0.29) is 12.4 Å². The molecule has 30 heavy (non-hydrogen) atoms. The fraction of sp³-hybridized carbons (Fsp3) is 1.00. The smallest absolute Gasteiger partial charge is 0.125 e. The second-order valence-electron chi connectivity index (χ2n) is 10.1. The first kappa shape index (κ1) is 32.8. The molecule has 0 heterocycles. The van der Waals surface area contributed by atoms with E-state index in [1.807, 2.05) is 0 Å². The number of quaternary nitrogens is 1. The van der Waals surface area contributed by atoms with Crippen LogP contribution < -0.4 is 12.4 Å². The van der Waals surface area contributed by atoms with Crippen LogP contribution in [0.4, 0.5) is 0 Å². The van der Waals surface area contributed by atoms with E-state index in [1.54, 1.807) is 0 Å². The first-order valence-electron chi connectivity index (χ1n) is 13.5. The predicted molar refractivity (Wildman–Crippen MR) is 138 cm³/mol. The molecule has 0 rings (SSSR count). The topological polar surface area (TPSA) is 0 Å². The molecule has 0 aliphatic rings. The Morgan fingerprint density at radius 3 is 1.20 bits per heavy atom. The summed E-state index contributed by atoms with van der Waals surface area (Å²) in [6.07, 6.45) is 28.9. The summed E-state index contributed by atoms with van der Waals surface area (Å²) in [7, 11) is 4.86. The predicted octanol–water partition coefficient (Wildman–Crippen LogP) is 6.60. The van der Waals surface area contributed by atoms with Gasteiger partial charge in [0, 0.05) is 0 Å². The highest BCUT2D eigenvalue weighted by Crippen LogP contribution is 2.16. The van der Waals surface area contributed by atoms with E-state index >= 15 is 0 Å². The Balaban J connectivity index is 0. The average Bonchev–Trinajstić information content (AvgIpc) is 2.70. The van der Waals surface area contributed by atoms with Crippen molar-refractivity contribution in [3.05, 3.63) is 0 Å². The fourth-order valence-corrected chi connectivity index (χ4v) is 5.26. The van der Waals surface area contributed by atoms with Gasteiger partial charge in [-0.2, -0.15) is 0 Å². The minimum atomic E-state index is 0. The maximum atomic E-state index is 2.43. The summed E-state index contributed by atoms with van der Waals surface area (Å²) < 4.78 is 1.21. The molecule has 0 saturated carbocycles. The molecule has 0 saturated heterocycles. The number of halogens is 1. The van der Waals surface area contributed by atoms with Gasteiger partial charge in [0.1, 0.15) is 5.88 Å². The molecule has 1 nitrogen and oxygen atoms in total. The molecule has 0 aliphatic carbocycles. The lowest BCUT2D eigenvalue weighted by molar-refractivity contribution is -0.877. The summed E-state index contributed by atoms with van der Waals surface area (Å²) in [4.78, 5) is 0. The zero-order valence-corrected chi connectivity index (χ0v) is 23.1. The number of thioether (sulfide) groups is 1. The van der Waals surface area contributed by atoms with Crippen LogP contribution in [0.3, 0.4) is 0 Å². The molecule has 0 aromatic rings. The number of hydrogen-bond acceptors (Lipinski definition) is 1. The van der Waals surface area contributed by atoms with Crippen molar-refractivity contribution in [1.82, 2.24) is 0 Å². The average molecular weight is 464 g/mol. The number of nitrogens with zero attached hydrogens (tertiary/aromatic N) is 1. The van der Waals surface area contributed by atoms with Gasteiger partial charge in [-0.25, -0.2) is 0 Å². The number of unbranched alkanes of at least 4 members (excludes halogenated alkanes) is 18. The monoisotopic (exact) mass is 463 g/mol. The Kier molecular flexibility index (Phi) is 28.3. The van der Waals surface area contributed by atoms with Crippen LogP contribution in [-0.4, -0.2) is 36.8 Å². The van der Waals surface area contributed by atoms with E-state index < -0.39 is 0 Å². The Morgan fingerprint density at radius 1 is 0.467 bits per heavy atom. The maximum Gasteiger partial charge on any atom is 0.125 e. The van der Waals surface area contributed by atoms with Crippen LogP contribution in [0.15, 0.2) is 0 Å². The number of rotatable bonds is 24. The van der Waals surface area contributed by atoms with Crippen LogP contribution in [0.2, 0.25) is 0 Å². The second kappa shape index (κ2) is 25.9. The van der Waals surface area contributed by atoms with Gasteiger partial charge in [0.25, 0.3) is 0 Å². The molecule has 0 bridgehead atoms. The Bertz CT molecular complexity index is 309. The molecule has 0 radical (unpaired) electrons. The quantitative estimate of drug-likeness (QED) is 0.0882. The molecule has 0 unspecified atom stereocenters. The molecule has 0 fully saturated rings. The third-order valence-corrected chi connectivity index (χ3v) is 7.66. The molecule has 3 heteroatoms. The fourth-order valence-electron chi connectivity index (χ4n) is 4.10. The Hall–Kier alpha value is 0.600. The molecule has 0 aromatic heterocycles. The van der Waals surface area contributed by atoms with Gasteiger partial charge in [0.15, 0.2) is 0 Å². The summed E-state index contributed by atoms with van der Waals surface area (Å²) >= 11 is 2.19. The third-order valence-electron chi connectivity index (χ3n) is 6.20. The molecule has 0 amide bonds. The molecular weight excluding hydrogens is 406 g/mol. The minimum Gasteiger partial charge on any atom is -1.00 e. The van der Waals surface area contributed by atoms with Gasteiger partial charge in [-0.15, -0.1) is 11.8 Å². The van der Waals surface area contributed by atoms with Gasteiger partial charge in [0.2, 0.25) is 0 Å². The summed E-state index contributed by atoms with van der Waals surface area (Å²) in [5, 5.41) is 0. The van der Waals surface area contributed by atoms with Crippen LogP contribution in [0.5, 0.6) is 0 Å². The van der Waals surface area contributed by atoms with Crippen LogP contribution in [0, 0.1) is 0 Å². The van der Waals surface area contributed by atoms with Crippen molar-refractivity contribution in [3.63, 3.8) is 0 Å². The highest BCUT2D eigenvalue weighted by Gasteiger charge is 2.13. The SMILES string of the molecule is CCCCCCCCCCCCSC[N+](C)(C)CCCCCCCCCCCC.[Cl-]. The van der Waals surface area contributed by atoms with Crippen molar-refractivity contribution in [2.24, 2.45) is 0 Å². The van der Waals surface area contributed by atoms with E-state index in [1.165, 1.54) is 151 Å². The van der Waals surface area contributed by atoms with Crippen molar-refractivity contribution in [2.75, 3.05) is 32.3 Å². The van der Waals surface area contributed by atoms with E-state index in [4.69, 9.17) is 0 Å². The maximum absolute atomic E-state index is 2.43. The lowest BCUT2D eigenvalue weighted by Gasteiger charge is -2.29. The van der Waals surface area contributed by atoms with Crippen LogP contribution in [0.25, 0.3) is 0 Å². The zero-order chi connectivity index (χ0) is 21.5. The van der Waals surface area contributed by atoms with Gasteiger partial charge in [-0.1, -0.05) is 123 Å². The summed E-state index contributed by atoms with van der Waals surface area (Å²) in [5.74, 6) is 2.67. The van der Waals surface area contributed by atoms with Gasteiger partial charge in [-0.05, 0) is 25.0 Å². The van der Waals surface area contributed by atoms with Gasteiger partial charge >= 0.3 is 0 Å². The largest absolute Gasteiger partial charge is 1.00 e. The molecule has 184 valence electrons. The van der Waals surface area contributed by atoms with E-state index in [9.17, 15) is 0 Å². The summed E-state index contributed by atoms with van der Waals surface area (Å²) in [6, 6.07) is 0. The van der Waals surface area contributed by atoms with Crippen molar-refractivity contribution >= 4 is 11.8 Å². The lowest BCUT2D eigenvalue weighted by atomic mass is 10.1. The highest BCUT2D eigenvalue weighted by atomic mass is 35.5. The second-order valence-corrected chi connectivity index (χ2v) is 11.1. The van der Waals surface area contributed by atoms with Crippen molar-refractivity contribution in [3.8, 4) is 0 Å². The molecule has 0 spiro atoms. The normalized spacial score (nSPS) is 11.6. The van der Waals surface area contributed by atoms with Crippen molar-refractivity contribution < 1.29 is 16.9 Å². The van der Waals surface area contributed by atoms with Gasteiger partial charge in [-0.3, -0.25) is 0 Å². The molecule has 0 atom stereocenters. The highest BCUT2D eigenvalue weighted by molar-refractivity contribution is 7.99. The minimum absolute atomic E-state index is 0. The zero-order valence-electron chi connectivity index (χ0n) is 21.5. The van der Waals surface area contributed by atoms with E-state index in [2.05, 4.69) is 39.7 Å². The van der Waals surface area contributed by atoms with E-state index in [0.29, 0.717) is 0 Å². The van der Waals surface area contributed by atoms with Gasteiger partial charge < -0.3 is 16.9 Å². The van der Waals surface area contributed by atoms with Gasteiger partial charge in [0.05, 0.1) is 20.6 Å². The first-order chi connectivity index (χ1) is 14.1. The van der Waals surface area contributed by atoms with Crippen molar-refractivity contribution in [1.29, 1.82) is 0 Å². The number of hydrogen-bond donors (Lipinski definition) is 0. The van der Waals surface area contributed by atoms with Crippen LogP contribution >= 0.6 is 11.8 Å². The van der Waals surface area contributed by atoms with Crippen LogP contribution in [0.1, 0.15) is 142 Å². The summed E-state index contributed by atoms with van der Waals surface area (Å²) in [5.41, 5.74) is 0. The molecule has 0 aliphatic heterocycles.